The maximum Gasteiger partial charge on any atom is 0.252 e. The van der Waals surface area contributed by atoms with E-state index in [4.69, 9.17) is 0 Å². The SMILES string of the molecule is c1ccc(-c2ccc3c(c2)B2c4cc(-c5ccccc5)ccc4N(c4c(-c5ccccc5)cccc4-c4ccccc4)c4cc(-n5c6ccc7ccccc7c6c6c7ccccc7c7ccccc7c65)cc(c42)N3c2c(-c3ccccc3)cccc2-c2ccccc2)cc1. The Labute approximate surface area is 546 Å². The lowest BCUT2D eigenvalue weighted by atomic mass is 9.33. The molecule has 0 saturated heterocycles. The molecule has 0 saturated carbocycles. The normalized spacial score (nSPS) is 12.4. The minimum Gasteiger partial charge on any atom is -0.310 e. The van der Waals surface area contributed by atoms with E-state index >= 15 is 0 Å². The van der Waals surface area contributed by atoms with Crippen molar-refractivity contribution in [2.75, 3.05) is 9.80 Å². The van der Waals surface area contributed by atoms with E-state index < -0.39 is 0 Å². The number of aromatic nitrogens is 1. The van der Waals surface area contributed by atoms with Crippen LogP contribution in [0.4, 0.5) is 34.1 Å². The molecule has 3 heterocycles. The average molecular weight is 1190 g/mol. The van der Waals surface area contributed by atoms with Crippen LogP contribution in [-0.4, -0.2) is 11.3 Å². The van der Waals surface area contributed by atoms with E-state index in [9.17, 15) is 0 Å². The van der Waals surface area contributed by atoms with Crippen LogP contribution in [0.3, 0.4) is 0 Å². The first-order valence-corrected chi connectivity index (χ1v) is 32.6. The summed E-state index contributed by atoms with van der Waals surface area (Å²) in [6, 6.07) is 132. The Morgan fingerprint density at radius 2 is 0.606 bits per heavy atom. The first kappa shape index (κ1) is 53.6. The van der Waals surface area contributed by atoms with Gasteiger partial charge in [-0.3, -0.25) is 0 Å². The number of hydrogen-bond donors (Lipinski definition) is 0. The van der Waals surface area contributed by atoms with E-state index in [-0.39, 0.29) is 6.71 Å². The van der Waals surface area contributed by atoms with Crippen LogP contribution < -0.4 is 26.2 Å². The molecule has 19 rings (SSSR count). The lowest BCUT2D eigenvalue weighted by molar-refractivity contribution is 1.17. The molecule has 0 atom stereocenters. The Balaban J connectivity index is 1.04. The van der Waals surface area contributed by atoms with Crippen LogP contribution in [0.1, 0.15) is 0 Å². The Morgan fingerprint density at radius 1 is 0.234 bits per heavy atom. The second-order valence-corrected chi connectivity index (χ2v) is 25.0. The molecular formula is C90H58BN3. The molecule has 436 valence electrons. The molecule has 3 nitrogen and oxygen atoms in total. The molecule has 2 aliphatic rings. The number of benzene rings is 16. The quantitative estimate of drug-likeness (QED) is 0.105. The molecule has 0 amide bonds. The molecule has 0 aliphatic carbocycles. The Hall–Kier alpha value is -12.2. The van der Waals surface area contributed by atoms with Gasteiger partial charge in [-0.1, -0.05) is 322 Å². The summed E-state index contributed by atoms with van der Waals surface area (Å²) in [5.74, 6) is 0. The van der Waals surface area contributed by atoms with Crippen molar-refractivity contribution >= 4 is 111 Å². The topological polar surface area (TPSA) is 11.4 Å². The van der Waals surface area contributed by atoms with Gasteiger partial charge >= 0.3 is 0 Å². The Morgan fingerprint density at radius 3 is 1.05 bits per heavy atom. The van der Waals surface area contributed by atoms with E-state index in [1.165, 1.54) is 87.2 Å². The van der Waals surface area contributed by atoms with Crippen molar-refractivity contribution in [3.63, 3.8) is 0 Å². The van der Waals surface area contributed by atoms with Crippen molar-refractivity contribution in [1.29, 1.82) is 0 Å². The fraction of sp³-hybridized carbons (Fsp3) is 0. The van der Waals surface area contributed by atoms with Crippen molar-refractivity contribution < 1.29 is 0 Å². The van der Waals surface area contributed by atoms with Crippen LogP contribution in [0.2, 0.25) is 0 Å². The number of nitrogens with zero attached hydrogens (tertiary/aromatic N) is 3. The van der Waals surface area contributed by atoms with E-state index in [0.29, 0.717) is 0 Å². The molecule has 0 spiro atoms. The molecule has 17 aromatic rings. The van der Waals surface area contributed by atoms with Crippen LogP contribution in [0, 0.1) is 0 Å². The molecule has 0 bridgehead atoms. The van der Waals surface area contributed by atoms with Crippen LogP contribution in [0.5, 0.6) is 0 Å². The largest absolute Gasteiger partial charge is 0.310 e. The maximum atomic E-state index is 2.68. The van der Waals surface area contributed by atoms with Gasteiger partial charge in [-0.2, -0.15) is 0 Å². The zero-order chi connectivity index (χ0) is 61.8. The summed E-state index contributed by atoms with van der Waals surface area (Å²) in [5.41, 5.74) is 27.6. The molecule has 94 heavy (non-hydrogen) atoms. The third kappa shape index (κ3) is 8.33. The Bertz CT molecular complexity index is 5490. The highest BCUT2D eigenvalue weighted by Gasteiger charge is 2.46. The van der Waals surface area contributed by atoms with Crippen molar-refractivity contribution in [2.24, 2.45) is 0 Å². The predicted molar refractivity (Wildman–Crippen MR) is 400 cm³/mol. The first-order valence-electron chi connectivity index (χ1n) is 32.6. The zero-order valence-corrected chi connectivity index (χ0v) is 51.4. The monoisotopic (exact) mass is 1190 g/mol. The molecule has 0 unspecified atom stereocenters. The van der Waals surface area contributed by atoms with E-state index in [2.05, 4.69) is 366 Å². The molecule has 2 aliphatic heterocycles. The number of rotatable bonds is 9. The van der Waals surface area contributed by atoms with Gasteiger partial charge in [0.25, 0.3) is 6.71 Å². The summed E-state index contributed by atoms with van der Waals surface area (Å²) in [6.07, 6.45) is 0. The standard InChI is InChI=1S/C90H58BN3/c1-7-27-59(28-8-1)66-50-52-80-78(55-66)91-79-56-67(60-29-9-2-10-30-60)51-53-81(79)94(89-72(63-35-15-5-16-36-63)47-26-48-73(89)64-37-17-6-18-38-64)84-58-68(57-83(87(84)91)93(80)88-70(61-31-11-3-12-32-61)45-25-46-71(88)62-33-13-4-14-34-62)92-82-54-49-65-39-19-20-40-69(65)85(82)86-76-43-23-21-41-74(76)75-42-22-24-44-77(75)90(86)92/h1-58H. The van der Waals surface area contributed by atoms with Gasteiger partial charge in [-0.05, 0) is 118 Å². The molecular weight excluding hydrogens is 1130 g/mol. The Kier molecular flexibility index (Phi) is 12.4. The minimum atomic E-state index is -0.246. The summed E-state index contributed by atoms with van der Waals surface area (Å²) in [6.45, 7) is -0.246. The number of hydrogen-bond acceptors (Lipinski definition) is 2. The molecule has 0 fully saturated rings. The van der Waals surface area contributed by atoms with Crippen LogP contribution >= 0.6 is 0 Å². The van der Waals surface area contributed by atoms with Gasteiger partial charge in [0.1, 0.15) is 0 Å². The third-order valence-corrected chi connectivity index (χ3v) is 19.9. The number of fused-ring (bicyclic) bond motifs is 14. The highest BCUT2D eigenvalue weighted by Crippen LogP contribution is 2.55. The summed E-state index contributed by atoms with van der Waals surface area (Å²) >= 11 is 0. The molecule has 0 N–H and O–H groups in total. The highest BCUT2D eigenvalue weighted by atomic mass is 15.2. The summed E-state index contributed by atoms with van der Waals surface area (Å²) in [5, 5.41) is 9.83. The van der Waals surface area contributed by atoms with Gasteiger partial charge in [-0.15, -0.1) is 0 Å². The lowest BCUT2D eigenvalue weighted by Gasteiger charge is -2.46. The van der Waals surface area contributed by atoms with Crippen LogP contribution in [0.25, 0.3) is 127 Å². The van der Waals surface area contributed by atoms with Crippen LogP contribution in [0.15, 0.2) is 352 Å². The second-order valence-electron chi connectivity index (χ2n) is 25.0. The molecule has 1 aromatic heterocycles. The molecule has 4 heteroatoms. The maximum absolute atomic E-state index is 2.68. The van der Waals surface area contributed by atoms with E-state index in [1.54, 1.807) is 0 Å². The van der Waals surface area contributed by atoms with Gasteiger partial charge in [-0.25, -0.2) is 0 Å². The van der Waals surface area contributed by atoms with Crippen molar-refractivity contribution in [2.45, 2.75) is 0 Å². The fourth-order valence-corrected chi connectivity index (χ4v) is 15.9. The zero-order valence-electron chi connectivity index (χ0n) is 51.4. The highest BCUT2D eigenvalue weighted by molar-refractivity contribution is 7.00. The van der Waals surface area contributed by atoms with Crippen molar-refractivity contribution in [1.82, 2.24) is 4.57 Å². The third-order valence-electron chi connectivity index (χ3n) is 19.9. The number of para-hydroxylation sites is 2. The number of anilines is 6. The smallest absolute Gasteiger partial charge is 0.252 e. The molecule has 16 aromatic carbocycles. The van der Waals surface area contributed by atoms with Crippen molar-refractivity contribution in [3.05, 3.63) is 352 Å². The minimum absolute atomic E-state index is 0.246. The summed E-state index contributed by atoms with van der Waals surface area (Å²) in [7, 11) is 0. The van der Waals surface area contributed by atoms with Gasteiger partial charge in [0.15, 0.2) is 0 Å². The van der Waals surface area contributed by atoms with Gasteiger partial charge < -0.3 is 14.4 Å². The van der Waals surface area contributed by atoms with Gasteiger partial charge in [0.2, 0.25) is 0 Å². The first-order chi connectivity index (χ1) is 46.7. The van der Waals surface area contributed by atoms with Crippen LogP contribution in [-0.2, 0) is 0 Å². The fourth-order valence-electron chi connectivity index (χ4n) is 15.9. The summed E-state index contributed by atoms with van der Waals surface area (Å²) < 4.78 is 2.64. The summed E-state index contributed by atoms with van der Waals surface area (Å²) in [4.78, 5) is 5.35. The van der Waals surface area contributed by atoms with Gasteiger partial charge in [0, 0.05) is 61.2 Å². The second kappa shape index (κ2) is 21.7. The van der Waals surface area contributed by atoms with E-state index in [1.807, 2.05) is 0 Å². The van der Waals surface area contributed by atoms with E-state index in [0.717, 1.165) is 89.8 Å². The van der Waals surface area contributed by atoms with Crippen molar-refractivity contribution in [3.8, 4) is 72.4 Å². The van der Waals surface area contributed by atoms with Gasteiger partial charge in [0.05, 0.1) is 28.1 Å². The predicted octanol–water partition coefficient (Wildman–Crippen LogP) is 22.3. The lowest BCUT2D eigenvalue weighted by Crippen LogP contribution is -2.61. The molecule has 0 radical (unpaired) electrons. The average Bonchev–Trinajstić information content (AvgIpc) is 0.965.